The molecule has 0 radical (unpaired) electrons. The maximum atomic E-state index is 12.0. The molecule has 27 heavy (non-hydrogen) atoms. The summed E-state index contributed by atoms with van der Waals surface area (Å²) < 4.78 is 5.96. The van der Waals surface area contributed by atoms with E-state index in [2.05, 4.69) is 30.4 Å². The maximum absolute atomic E-state index is 12.0. The van der Waals surface area contributed by atoms with Crippen LogP contribution in [0.1, 0.15) is 38.2 Å². The van der Waals surface area contributed by atoms with Crippen LogP contribution in [0, 0.1) is 11.3 Å². The lowest BCUT2D eigenvalue weighted by Gasteiger charge is -2.42. The molecule has 1 fully saturated rings. The van der Waals surface area contributed by atoms with Gasteiger partial charge in [-0.25, -0.2) is 0 Å². The number of rotatable bonds is 5. The average molecular weight is 384 g/mol. The standard InChI is InChI=1S/C23H26ClNO2/c1-22(15-26,14-25-19-8-6-18(24)7-9-19)17-10-12-23(13-11-17)16-27-21-5-3-2-4-20(21)23/h2-9,15,17,25H,10-14,16H2,1H3. The molecule has 3 nitrogen and oxygen atoms in total. The fourth-order valence-corrected chi connectivity index (χ4v) is 4.84. The van der Waals surface area contributed by atoms with Crippen molar-refractivity contribution in [2.75, 3.05) is 18.5 Å². The van der Waals surface area contributed by atoms with Gasteiger partial charge in [-0.2, -0.15) is 0 Å². The van der Waals surface area contributed by atoms with Gasteiger partial charge in [-0.3, -0.25) is 0 Å². The molecule has 1 heterocycles. The molecule has 4 heteroatoms. The van der Waals surface area contributed by atoms with Crippen molar-refractivity contribution in [1.29, 1.82) is 0 Å². The molecule has 0 saturated heterocycles. The van der Waals surface area contributed by atoms with Crippen molar-refractivity contribution in [3.8, 4) is 5.75 Å². The Kier molecular flexibility index (Phi) is 4.90. The number of fused-ring (bicyclic) bond motifs is 2. The summed E-state index contributed by atoms with van der Waals surface area (Å²) in [5.41, 5.74) is 2.12. The Hall–Kier alpha value is -2.00. The molecule has 1 N–H and O–H groups in total. The quantitative estimate of drug-likeness (QED) is 0.695. The Morgan fingerprint density at radius 1 is 1.19 bits per heavy atom. The van der Waals surface area contributed by atoms with Gasteiger partial charge < -0.3 is 14.8 Å². The van der Waals surface area contributed by atoms with Gasteiger partial charge in [0.05, 0.1) is 6.61 Å². The average Bonchev–Trinajstić information content (AvgIpc) is 3.06. The van der Waals surface area contributed by atoms with Gasteiger partial charge in [0.1, 0.15) is 12.0 Å². The van der Waals surface area contributed by atoms with Crippen LogP contribution in [-0.4, -0.2) is 19.4 Å². The van der Waals surface area contributed by atoms with Gasteiger partial charge in [0.25, 0.3) is 0 Å². The summed E-state index contributed by atoms with van der Waals surface area (Å²) in [5, 5.41) is 4.14. The summed E-state index contributed by atoms with van der Waals surface area (Å²) >= 11 is 5.95. The fraction of sp³-hybridized carbons (Fsp3) is 0.435. The van der Waals surface area contributed by atoms with Crippen molar-refractivity contribution in [2.24, 2.45) is 11.3 Å². The number of carbonyl (C=O) groups excluding carboxylic acids is 1. The molecular formula is C23H26ClNO2. The van der Waals surface area contributed by atoms with Gasteiger partial charge in [0, 0.05) is 33.6 Å². The van der Waals surface area contributed by atoms with Crippen LogP contribution in [0.25, 0.3) is 0 Å². The Balaban J connectivity index is 1.43. The molecule has 2 aromatic carbocycles. The molecule has 142 valence electrons. The lowest BCUT2D eigenvalue weighted by Crippen LogP contribution is -2.42. The zero-order valence-corrected chi connectivity index (χ0v) is 16.5. The van der Waals surface area contributed by atoms with E-state index in [0.717, 1.165) is 55.0 Å². The van der Waals surface area contributed by atoms with Crippen LogP contribution >= 0.6 is 11.6 Å². The molecule has 1 unspecified atom stereocenters. The van der Waals surface area contributed by atoms with Crippen LogP contribution in [0.5, 0.6) is 5.75 Å². The third kappa shape index (κ3) is 3.45. The number of benzene rings is 2. The number of nitrogens with one attached hydrogen (secondary N) is 1. The number of ether oxygens (including phenoxy) is 1. The highest BCUT2D eigenvalue weighted by Crippen LogP contribution is 2.51. The largest absolute Gasteiger partial charge is 0.492 e. The van der Waals surface area contributed by atoms with E-state index in [1.54, 1.807) is 0 Å². The van der Waals surface area contributed by atoms with E-state index in [1.165, 1.54) is 5.56 Å². The normalized spacial score (nSPS) is 26.1. The second-order valence-corrected chi connectivity index (χ2v) is 8.76. The van der Waals surface area contributed by atoms with Crippen LogP contribution in [-0.2, 0) is 10.2 Å². The van der Waals surface area contributed by atoms with Gasteiger partial charge in [-0.05, 0) is 61.9 Å². The Labute approximate surface area is 166 Å². The number of halogens is 1. The van der Waals surface area contributed by atoms with Crippen LogP contribution in [0.4, 0.5) is 5.69 Å². The summed E-state index contributed by atoms with van der Waals surface area (Å²) in [6.45, 7) is 3.51. The van der Waals surface area contributed by atoms with Gasteiger partial charge in [0.15, 0.2) is 0 Å². The Morgan fingerprint density at radius 2 is 1.89 bits per heavy atom. The predicted octanol–water partition coefficient (Wildman–Crippen LogP) is 5.48. The van der Waals surface area contributed by atoms with Crippen LogP contribution in [0.15, 0.2) is 48.5 Å². The lowest BCUT2D eigenvalue weighted by molar-refractivity contribution is -0.118. The third-order valence-corrected chi connectivity index (χ3v) is 6.88. The van der Waals surface area contributed by atoms with E-state index in [1.807, 2.05) is 30.3 Å². The SMILES string of the molecule is CC(C=O)(CNc1ccc(Cl)cc1)C1CCC2(CC1)COc1ccccc12. The zero-order valence-electron chi connectivity index (χ0n) is 15.7. The first-order chi connectivity index (χ1) is 13.0. The predicted molar refractivity (Wildman–Crippen MR) is 110 cm³/mol. The van der Waals surface area contributed by atoms with Gasteiger partial charge in [-0.1, -0.05) is 36.7 Å². The van der Waals surface area contributed by atoms with Crippen molar-refractivity contribution in [2.45, 2.75) is 38.0 Å². The van der Waals surface area contributed by atoms with E-state index in [4.69, 9.17) is 16.3 Å². The molecular weight excluding hydrogens is 358 g/mol. The summed E-state index contributed by atoms with van der Waals surface area (Å²) in [4.78, 5) is 12.0. The summed E-state index contributed by atoms with van der Waals surface area (Å²) in [6.07, 6.45) is 5.42. The van der Waals surface area contributed by atoms with Crippen LogP contribution < -0.4 is 10.1 Å². The number of para-hydroxylation sites is 1. The first kappa shape index (κ1) is 18.4. The highest BCUT2D eigenvalue weighted by atomic mass is 35.5. The first-order valence-corrected chi connectivity index (χ1v) is 10.1. The van der Waals surface area contributed by atoms with Crippen molar-refractivity contribution in [3.63, 3.8) is 0 Å². The van der Waals surface area contributed by atoms with Crippen molar-refractivity contribution >= 4 is 23.6 Å². The highest BCUT2D eigenvalue weighted by Gasteiger charge is 2.46. The van der Waals surface area contributed by atoms with E-state index in [9.17, 15) is 4.79 Å². The van der Waals surface area contributed by atoms with E-state index >= 15 is 0 Å². The molecule has 0 aromatic heterocycles. The van der Waals surface area contributed by atoms with Crippen molar-refractivity contribution in [3.05, 3.63) is 59.1 Å². The van der Waals surface area contributed by atoms with Gasteiger partial charge in [0.2, 0.25) is 0 Å². The summed E-state index contributed by atoms with van der Waals surface area (Å²) in [7, 11) is 0. The smallest absolute Gasteiger partial charge is 0.127 e. The number of aldehydes is 1. The molecule has 2 aliphatic rings. The maximum Gasteiger partial charge on any atom is 0.127 e. The molecule has 0 amide bonds. The second kappa shape index (κ2) is 7.20. The Bertz CT molecular complexity index is 811. The lowest BCUT2D eigenvalue weighted by atomic mass is 9.62. The molecule has 4 rings (SSSR count). The van der Waals surface area contributed by atoms with Gasteiger partial charge in [-0.15, -0.1) is 0 Å². The van der Waals surface area contributed by atoms with Crippen molar-refractivity contribution in [1.82, 2.24) is 0 Å². The van der Waals surface area contributed by atoms with E-state index in [0.29, 0.717) is 12.5 Å². The first-order valence-electron chi connectivity index (χ1n) is 9.73. The third-order valence-electron chi connectivity index (χ3n) is 6.62. The number of carbonyl (C=O) groups is 1. The highest BCUT2D eigenvalue weighted by molar-refractivity contribution is 6.30. The molecule has 2 aromatic rings. The monoisotopic (exact) mass is 383 g/mol. The molecule has 1 saturated carbocycles. The minimum Gasteiger partial charge on any atom is -0.492 e. The van der Waals surface area contributed by atoms with Gasteiger partial charge >= 0.3 is 0 Å². The summed E-state index contributed by atoms with van der Waals surface area (Å²) in [6, 6.07) is 16.1. The minimum absolute atomic E-state index is 0.139. The molecule has 1 atom stereocenters. The second-order valence-electron chi connectivity index (χ2n) is 8.32. The van der Waals surface area contributed by atoms with E-state index in [-0.39, 0.29) is 10.8 Å². The van der Waals surface area contributed by atoms with E-state index < -0.39 is 0 Å². The fourth-order valence-electron chi connectivity index (χ4n) is 4.71. The molecule has 0 bridgehead atoms. The van der Waals surface area contributed by atoms with Crippen LogP contribution in [0.2, 0.25) is 5.02 Å². The number of hydrogen-bond acceptors (Lipinski definition) is 3. The van der Waals surface area contributed by atoms with Crippen molar-refractivity contribution < 1.29 is 9.53 Å². The zero-order chi connectivity index (χ0) is 18.9. The topological polar surface area (TPSA) is 38.3 Å². The number of anilines is 1. The molecule has 1 spiro atoms. The molecule has 1 aliphatic heterocycles. The Morgan fingerprint density at radius 3 is 2.59 bits per heavy atom. The van der Waals surface area contributed by atoms with Crippen LogP contribution in [0.3, 0.4) is 0 Å². The minimum atomic E-state index is -0.375. The summed E-state index contributed by atoms with van der Waals surface area (Å²) in [5.74, 6) is 1.42. The molecule has 1 aliphatic carbocycles. The number of hydrogen-bond donors (Lipinski definition) is 1.